The highest BCUT2D eigenvalue weighted by atomic mass is 16.5. The highest BCUT2D eigenvalue weighted by molar-refractivity contribution is 6.04. The number of hydrogen-bond donors (Lipinski definition) is 1. The van der Waals surface area contributed by atoms with Crippen molar-refractivity contribution in [2.75, 3.05) is 7.11 Å². The first-order valence-electron chi connectivity index (χ1n) is 7.01. The molecule has 0 aliphatic carbocycles. The second kappa shape index (κ2) is 5.44. The molecule has 0 aliphatic rings. The molecule has 0 atom stereocenters. The zero-order valence-corrected chi connectivity index (χ0v) is 12.1. The number of aryl methyl sites for hydroxylation is 1. The standard InChI is InChI=1S/C18H17NO2/c1-3-12-4-9-17-15(10-12)16(11-20)18(19-17)13-5-7-14(21-2)8-6-13/h4-11,19H,3H2,1-2H3. The van der Waals surface area contributed by atoms with Gasteiger partial charge in [-0.05, 0) is 53.9 Å². The molecule has 0 aliphatic heterocycles. The first-order chi connectivity index (χ1) is 10.3. The number of aromatic nitrogens is 1. The lowest BCUT2D eigenvalue weighted by Gasteiger charge is -2.02. The van der Waals surface area contributed by atoms with Crippen molar-refractivity contribution in [2.24, 2.45) is 0 Å². The van der Waals surface area contributed by atoms with Gasteiger partial charge in [0.15, 0.2) is 6.29 Å². The van der Waals surface area contributed by atoms with E-state index in [1.807, 2.05) is 30.3 Å². The van der Waals surface area contributed by atoms with Crippen LogP contribution in [0.15, 0.2) is 42.5 Å². The molecule has 1 N–H and O–H groups in total. The molecular formula is C18H17NO2. The van der Waals surface area contributed by atoms with Crippen molar-refractivity contribution < 1.29 is 9.53 Å². The fourth-order valence-corrected chi connectivity index (χ4v) is 2.59. The Morgan fingerprint density at radius 1 is 1.14 bits per heavy atom. The van der Waals surface area contributed by atoms with E-state index < -0.39 is 0 Å². The molecule has 3 aromatic rings. The number of aromatic amines is 1. The van der Waals surface area contributed by atoms with Gasteiger partial charge in [-0.1, -0.05) is 13.0 Å². The lowest BCUT2D eigenvalue weighted by atomic mass is 10.0. The normalized spacial score (nSPS) is 10.8. The van der Waals surface area contributed by atoms with Gasteiger partial charge in [0, 0.05) is 16.5 Å². The number of fused-ring (bicyclic) bond motifs is 1. The van der Waals surface area contributed by atoms with Crippen LogP contribution in [0.3, 0.4) is 0 Å². The van der Waals surface area contributed by atoms with Crippen molar-refractivity contribution in [2.45, 2.75) is 13.3 Å². The lowest BCUT2D eigenvalue weighted by Crippen LogP contribution is -1.86. The average molecular weight is 279 g/mol. The number of hydrogen-bond acceptors (Lipinski definition) is 2. The maximum absolute atomic E-state index is 11.6. The van der Waals surface area contributed by atoms with Crippen LogP contribution in [0.5, 0.6) is 5.75 Å². The molecule has 106 valence electrons. The summed E-state index contributed by atoms with van der Waals surface area (Å²) in [5, 5.41) is 0.982. The van der Waals surface area contributed by atoms with E-state index in [0.29, 0.717) is 5.56 Å². The molecule has 3 nitrogen and oxygen atoms in total. The molecule has 2 aromatic carbocycles. The van der Waals surface area contributed by atoms with E-state index in [2.05, 4.69) is 24.0 Å². The van der Waals surface area contributed by atoms with Crippen molar-refractivity contribution in [3.63, 3.8) is 0 Å². The van der Waals surface area contributed by atoms with Crippen molar-refractivity contribution >= 4 is 17.2 Å². The van der Waals surface area contributed by atoms with E-state index in [1.165, 1.54) is 5.56 Å². The summed E-state index contributed by atoms with van der Waals surface area (Å²) in [5.74, 6) is 0.802. The summed E-state index contributed by atoms with van der Waals surface area (Å²) in [6.07, 6.45) is 1.88. The van der Waals surface area contributed by atoms with E-state index in [0.717, 1.165) is 40.6 Å². The van der Waals surface area contributed by atoms with Gasteiger partial charge in [-0.2, -0.15) is 0 Å². The number of aldehydes is 1. The van der Waals surface area contributed by atoms with Gasteiger partial charge >= 0.3 is 0 Å². The number of methoxy groups -OCH3 is 1. The summed E-state index contributed by atoms with van der Waals surface area (Å²) in [6, 6.07) is 13.9. The van der Waals surface area contributed by atoms with Gasteiger partial charge in [-0.25, -0.2) is 0 Å². The third kappa shape index (κ3) is 2.31. The van der Waals surface area contributed by atoms with Gasteiger partial charge in [-0.3, -0.25) is 4.79 Å². The van der Waals surface area contributed by atoms with E-state index in [9.17, 15) is 4.79 Å². The number of nitrogens with one attached hydrogen (secondary N) is 1. The van der Waals surface area contributed by atoms with Crippen LogP contribution in [0.4, 0.5) is 0 Å². The summed E-state index contributed by atoms with van der Waals surface area (Å²) >= 11 is 0. The Morgan fingerprint density at radius 2 is 1.90 bits per heavy atom. The van der Waals surface area contributed by atoms with Gasteiger partial charge < -0.3 is 9.72 Å². The highest BCUT2D eigenvalue weighted by Gasteiger charge is 2.13. The molecule has 3 rings (SSSR count). The number of carbonyl (C=O) groups excluding carboxylic acids is 1. The molecule has 3 heteroatoms. The molecule has 0 fully saturated rings. The van der Waals surface area contributed by atoms with Crippen molar-refractivity contribution in [3.05, 3.63) is 53.6 Å². The first-order valence-corrected chi connectivity index (χ1v) is 7.01. The predicted octanol–water partition coefficient (Wildman–Crippen LogP) is 4.22. The Morgan fingerprint density at radius 3 is 2.52 bits per heavy atom. The number of carbonyl (C=O) groups is 1. The molecule has 0 unspecified atom stereocenters. The van der Waals surface area contributed by atoms with Crippen LogP contribution in [0.25, 0.3) is 22.2 Å². The molecular weight excluding hydrogens is 262 g/mol. The minimum absolute atomic E-state index is 0.713. The van der Waals surface area contributed by atoms with Crippen LogP contribution in [0.2, 0.25) is 0 Å². The Bertz CT molecular complexity index is 785. The summed E-state index contributed by atoms with van der Waals surface area (Å²) in [4.78, 5) is 14.9. The second-order valence-corrected chi connectivity index (χ2v) is 4.99. The maximum Gasteiger partial charge on any atom is 0.152 e. The zero-order valence-electron chi connectivity index (χ0n) is 12.1. The van der Waals surface area contributed by atoms with Crippen LogP contribution in [0.1, 0.15) is 22.8 Å². The van der Waals surface area contributed by atoms with E-state index in [-0.39, 0.29) is 0 Å². The topological polar surface area (TPSA) is 42.1 Å². The van der Waals surface area contributed by atoms with Gasteiger partial charge in [0.2, 0.25) is 0 Å². The number of ether oxygens (including phenoxy) is 1. The second-order valence-electron chi connectivity index (χ2n) is 4.99. The Kier molecular flexibility index (Phi) is 3.48. The van der Waals surface area contributed by atoms with Crippen LogP contribution in [0, 0.1) is 0 Å². The molecule has 0 radical (unpaired) electrons. The molecule has 0 saturated heterocycles. The van der Waals surface area contributed by atoms with Gasteiger partial charge in [0.05, 0.1) is 12.8 Å². The number of benzene rings is 2. The Balaban J connectivity index is 2.19. The number of rotatable bonds is 4. The molecule has 0 bridgehead atoms. The van der Waals surface area contributed by atoms with E-state index in [1.54, 1.807) is 7.11 Å². The Labute approximate surface area is 123 Å². The minimum atomic E-state index is 0.713. The fourth-order valence-electron chi connectivity index (χ4n) is 2.59. The van der Waals surface area contributed by atoms with Gasteiger partial charge in [0.25, 0.3) is 0 Å². The van der Waals surface area contributed by atoms with Crippen molar-refractivity contribution in [1.29, 1.82) is 0 Å². The van der Waals surface area contributed by atoms with Crippen LogP contribution < -0.4 is 4.74 Å². The minimum Gasteiger partial charge on any atom is -0.497 e. The summed E-state index contributed by atoms with van der Waals surface area (Å²) in [7, 11) is 1.64. The summed E-state index contributed by atoms with van der Waals surface area (Å²) < 4.78 is 5.17. The molecule has 0 saturated carbocycles. The van der Waals surface area contributed by atoms with E-state index >= 15 is 0 Å². The smallest absolute Gasteiger partial charge is 0.152 e. The first kappa shape index (κ1) is 13.4. The van der Waals surface area contributed by atoms with Crippen molar-refractivity contribution in [3.8, 4) is 17.0 Å². The SMILES string of the molecule is CCc1ccc2[nH]c(-c3ccc(OC)cc3)c(C=O)c2c1. The average Bonchev–Trinajstić information content (AvgIpc) is 2.92. The molecule has 21 heavy (non-hydrogen) atoms. The molecule has 0 amide bonds. The monoisotopic (exact) mass is 279 g/mol. The lowest BCUT2D eigenvalue weighted by molar-refractivity contribution is 0.112. The van der Waals surface area contributed by atoms with Gasteiger partial charge in [-0.15, -0.1) is 0 Å². The third-order valence-corrected chi connectivity index (χ3v) is 3.81. The maximum atomic E-state index is 11.6. The van der Waals surface area contributed by atoms with Crippen LogP contribution >= 0.6 is 0 Å². The van der Waals surface area contributed by atoms with Crippen LogP contribution in [-0.4, -0.2) is 18.4 Å². The van der Waals surface area contributed by atoms with Gasteiger partial charge in [0.1, 0.15) is 5.75 Å². The zero-order chi connectivity index (χ0) is 14.8. The number of H-pyrrole nitrogens is 1. The molecule has 0 spiro atoms. The molecule has 1 heterocycles. The summed E-state index contributed by atoms with van der Waals surface area (Å²) in [6.45, 7) is 2.11. The fraction of sp³-hybridized carbons (Fsp3) is 0.167. The van der Waals surface area contributed by atoms with Crippen molar-refractivity contribution in [1.82, 2.24) is 4.98 Å². The largest absolute Gasteiger partial charge is 0.497 e. The quantitative estimate of drug-likeness (QED) is 0.727. The molecule has 1 aromatic heterocycles. The Hall–Kier alpha value is -2.55. The highest BCUT2D eigenvalue weighted by Crippen LogP contribution is 2.30. The summed E-state index contributed by atoms with van der Waals surface area (Å²) in [5.41, 5.74) is 4.76. The third-order valence-electron chi connectivity index (χ3n) is 3.81. The predicted molar refractivity (Wildman–Crippen MR) is 85.1 cm³/mol. The van der Waals surface area contributed by atoms with E-state index in [4.69, 9.17) is 4.74 Å². The van der Waals surface area contributed by atoms with Crippen LogP contribution in [-0.2, 0) is 6.42 Å².